The van der Waals surface area contributed by atoms with Gasteiger partial charge in [0.1, 0.15) is 0 Å². The number of ether oxygens (including phenoxy) is 2. The Labute approximate surface area is 111 Å². The predicted molar refractivity (Wildman–Crippen MR) is 72.4 cm³/mol. The van der Waals surface area contributed by atoms with Crippen molar-refractivity contribution in [1.29, 1.82) is 0 Å². The summed E-state index contributed by atoms with van der Waals surface area (Å²) in [6.07, 6.45) is 0.0887. The first-order chi connectivity index (χ1) is 8.74. The van der Waals surface area contributed by atoms with Crippen molar-refractivity contribution in [2.24, 2.45) is 0 Å². The normalized spacial score (nSPS) is 20.4. The van der Waals surface area contributed by atoms with Crippen LogP contribution in [0.1, 0.15) is 5.56 Å². The summed E-state index contributed by atoms with van der Waals surface area (Å²) in [4.78, 5) is 3.24. The maximum atomic E-state index is 5.67. The number of aromatic amines is 1. The predicted octanol–water partition coefficient (Wildman–Crippen LogP) is 2.42. The van der Waals surface area contributed by atoms with E-state index in [0.29, 0.717) is 19.8 Å². The first-order valence-electron chi connectivity index (χ1n) is 6.12. The van der Waals surface area contributed by atoms with Crippen molar-refractivity contribution in [3.05, 3.63) is 28.5 Å². The Morgan fingerprint density at radius 1 is 1.44 bits per heavy atom. The van der Waals surface area contributed by atoms with E-state index in [1.807, 2.05) is 0 Å². The number of rotatable bonds is 2. The molecule has 1 atom stereocenters. The van der Waals surface area contributed by atoms with Crippen LogP contribution in [0.15, 0.2) is 18.2 Å². The number of fused-ring (bicyclic) bond motifs is 1. The maximum Gasteiger partial charge on any atom is 0.178 e. The number of imidazole rings is 1. The van der Waals surface area contributed by atoms with Gasteiger partial charge in [-0.1, -0.05) is 6.07 Å². The lowest BCUT2D eigenvalue weighted by molar-refractivity contribution is -0.0933. The van der Waals surface area contributed by atoms with Gasteiger partial charge in [-0.25, -0.2) is 0 Å². The van der Waals surface area contributed by atoms with Crippen molar-refractivity contribution < 1.29 is 9.47 Å². The monoisotopic (exact) mass is 264 g/mol. The highest BCUT2D eigenvalue weighted by atomic mass is 32.1. The molecular weight excluding hydrogens is 248 g/mol. The molecule has 1 N–H and O–H groups in total. The molecule has 1 aliphatic rings. The highest BCUT2D eigenvalue weighted by molar-refractivity contribution is 7.71. The second-order valence-electron chi connectivity index (χ2n) is 4.63. The fraction of sp³-hybridized carbons (Fsp3) is 0.462. The molecule has 0 spiro atoms. The molecular formula is C13H16N2O2S. The number of hydrogen-bond acceptors (Lipinski definition) is 3. The van der Waals surface area contributed by atoms with Gasteiger partial charge in [-0.15, -0.1) is 0 Å². The van der Waals surface area contributed by atoms with E-state index in [9.17, 15) is 0 Å². The molecule has 0 radical (unpaired) electrons. The Hall–Kier alpha value is -1.17. The molecule has 96 valence electrons. The second kappa shape index (κ2) is 4.84. The van der Waals surface area contributed by atoms with Crippen LogP contribution in [0.25, 0.3) is 11.0 Å². The molecule has 4 nitrogen and oxygen atoms in total. The van der Waals surface area contributed by atoms with Gasteiger partial charge in [0.15, 0.2) is 4.77 Å². The number of nitrogens with zero attached hydrogens (tertiary/aromatic N) is 1. The lowest BCUT2D eigenvalue weighted by Gasteiger charge is -2.23. The molecule has 1 aromatic carbocycles. The van der Waals surface area contributed by atoms with Crippen LogP contribution in [-0.4, -0.2) is 35.5 Å². The number of nitrogens with one attached hydrogen (secondary N) is 1. The Bertz CT molecular complexity index is 611. The van der Waals surface area contributed by atoms with E-state index < -0.39 is 0 Å². The molecule has 1 unspecified atom stereocenters. The van der Waals surface area contributed by atoms with E-state index >= 15 is 0 Å². The molecule has 0 aliphatic carbocycles. The third-order valence-electron chi connectivity index (χ3n) is 3.20. The van der Waals surface area contributed by atoms with Crippen LogP contribution < -0.4 is 0 Å². The van der Waals surface area contributed by atoms with Crippen molar-refractivity contribution in [1.82, 2.24) is 9.55 Å². The summed E-state index contributed by atoms with van der Waals surface area (Å²) in [7, 11) is 0. The molecule has 0 amide bonds. The van der Waals surface area contributed by atoms with Gasteiger partial charge in [-0.05, 0) is 36.8 Å². The largest absolute Gasteiger partial charge is 0.376 e. The van der Waals surface area contributed by atoms with Gasteiger partial charge in [-0.3, -0.25) is 0 Å². The average molecular weight is 264 g/mol. The smallest absolute Gasteiger partial charge is 0.178 e. The van der Waals surface area contributed by atoms with E-state index in [4.69, 9.17) is 21.7 Å². The third-order valence-corrected chi connectivity index (χ3v) is 3.52. The third kappa shape index (κ3) is 2.21. The van der Waals surface area contributed by atoms with E-state index in [2.05, 4.69) is 34.7 Å². The van der Waals surface area contributed by atoms with Gasteiger partial charge < -0.3 is 19.0 Å². The van der Waals surface area contributed by atoms with Gasteiger partial charge in [0.25, 0.3) is 0 Å². The average Bonchev–Trinajstić information content (AvgIpc) is 2.66. The van der Waals surface area contributed by atoms with E-state index in [1.54, 1.807) is 0 Å². The molecule has 1 fully saturated rings. The van der Waals surface area contributed by atoms with Gasteiger partial charge in [0.2, 0.25) is 0 Å². The molecule has 18 heavy (non-hydrogen) atoms. The number of benzene rings is 1. The molecule has 1 saturated heterocycles. The van der Waals surface area contributed by atoms with Crippen LogP contribution in [0.4, 0.5) is 0 Å². The van der Waals surface area contributed by atoms with Crippen LogP contribution in [-0.2, 0) is 16.0 Å². The molecule has 2 aromatic rings. The van der Waals surface area contributed by atoms with E-state index in [1.165, 1.54) is 5.56 Å². The summed E-state index contributed by atoms with van der Waals surface area (Å²) in [5.74, 6) is 0. The minimum Gasteiger partial charge on any atom is -0.376 e. The molecule has 1 aromatic heterocycles. The molecule has 1 aliphatic heterocycles. The Kier molecular flexibility index (Phi) is 3.20. The van der Waals surface area contributed by atoms with Crippen molar-refractivity contribution >= 4 is 23.3 Å². The highest BCUT2D eigenvalue weighted by Gasteiger charge is 2.16. The summed E-state index contributed by atoms with van der Waals surface area (Å²) in [5.41, 5.74) is 3.43. The first kappa shape index (κ1) is 11.9. The molecule has 2 heterocycles. The second-order valence-corrected chi connectivity index (χ2v) is 5.02. The summed E-state index contributed by atoms with van der Waals surface area (Å²) in [6.45, 7) is 4.81. The van der Waals surface area contributed by atoms with Crippen molar-refractivity contribution in [2.75, 3.05) is 19.8 Å². The number of H-pyrrole nitrogens is 1. The van der Waals surface area contributed by atoms with Crippen molar-refractivity contribution in [3.8, 4) is 0 Å². The zero-order valence-corrected chi connectivity index (χ0v) is 11.1. The van der Waals surface area contributed by atoms with E-state index in [-0.39, 0.29) is 6.10 Å². The fourth-order valence-corrected chi connectivity index (χ4v) is 2.59. The Balaban J connectivity index is 1.95. The summed E-state index contributed by atoms with van der Waals surface area (Å²) < 4.78 is 13.9. The van der Waals surface area contributed by atoms with Gasteiger partial charge in [-0.2, -0.15) is 0 Å². The Morgan fingerprint density at radius 2 is 2.33 bits per heavy atom. The van der Waals surface area contributed by atoms with Gasteiger partial charge in [0, 0.05) is 0 Å². The van der Waals surface area contributed by atoms with Crippen LogP contribution >= 0.6 is 12.2 Å². The standard InChI is InChI=1S/C13H16N2O2S/c1-9-2-3-12-11(6-9)14-13(18)15(12)7-10-8-16-4-5-17-10/h2-3,6,10H,4-5,7-8H2,1H3,(H,14,18). The van der Waals surface area contributed by atoms with Crippen molar-refractivity contribution in [3.63, 3.8) is 0 Å². The minimum atomic E-state index is 0.0887. The fourth-order valence-electron chi connectivity index (χ4n) is 2.30. The lowest BCUT2D eigenvalue weighted by atomic mass is 10.2. The lowest BCUT2D eigenvalue weighted by Crippen LogP contribution is -2.32. The number of hydrogen-bond donors (Lipinski definition) is 1. The summed E-state index contributed by atoms with van der Waals surface area (Å²) >= 11 is 5.38. The van der Waals surface area contributed by atoms with Gasteiger partial charge >= 0.3 is 0 Å². The van der Waals surface area contributed by atoms with Crippen LogP contribution in [0.5, 0.6) is 0 Å². The summed E-state index contributed by atoms with van der Waals surface area (Å²) in [5, 5.41) is 0. The molecule has 0 bridgehead atoms. The van der Waals surface area contributed by atoms with Crippen molar-refractivity contribution in [2.45, 2.75) is 19.6 Å². The van der Waals surface area contributed by atoms with Crippen LogP contribution in [0.2, 0.25) is 0 Å². The maximum absolute atomic E-state index is 5.67. The quantitative estimate of drug-likeness (QED) is 0.847. The molecule has 3 rings (SSSR count). The number of aryl methyl sites for hydroxylation is 1. The zero-order chi connectivity index (χ0) is 12.5. The van der Waals surface area contributed by atoms with Crippen LogP contribution in [0.3, 0.4) is 0 Å². The highest BCUT2D eigenvalue weighted by Crippen LogP contribution is 2.17. The topological polar surface area (TPSA) is 39.2 Å². The van der Waals surface area contributed by atoms with Crippen LogP contribution in [0, 0.1) is 11.7 Å². The summed E-state index contributed by atoms with van der Waals surface area (Å²) in [6, 6.07) is 6.31. The van der Waals surface area contributed by atoms with Gasteiger partial charge in [0.05, 0.1) is 43.5 Å². The zero-order valence-electron chi connectivity index (χ0n) is 10.3. The molecule has 0 saturated carbocycles. The minimum absolute atomic E-state index is 0.0887. The molecule has 5 heteroatoms. The first-order valence-corrected chi connectivity index (χ1v) is 6.53. The Morgan fingerprint density at radius 3 is 3.11 bits per heavy atom. The van der Waals surface area contributed by atoms with E-state index in [0.717, 1.165) is 22.3 Å². The number of aromatic nitrogens is 2. The SMILES string of the molecule is Cc1ccc2c(c1)[nH]c(=S)n2CC1COCCO1.